The fourth-order valence-corrected chi connectivity index (χ4v) is 5.34. The lowest BCUT2D eigenvalue weighted by Crippen LogP contribution is -2.46. The second-order valence-electron chi connectivity index (χ2n) is 8.00. The van der Waals surface area contributed by atoms with Crippen LogP contribution in [0.15, 0.2) is 35.3 Å². The fourth-order valence-electron chi connectivity index (χ4n) is 4.29. The molecule has 1 aromatic carbocycles. The first-order valence-electron chi connectivity index (χ1n) is 10.4. The van der Waals surface area contributed by atoms with Gasteiger partial charge in [0.15, 0.2) is 0 Å². The number of anilines is 1. The molecule has 164 valence electrons. The molecule has 4 aromatic rings. The van der Waals surface area contributed by atoms with Crippen molar-refractivity contribution in [1.29, 1.82) is 0 Å². The zero-order valence-corrected chi connectivity index (χ0v) is 18.6. The highest BCUT2D eigenvalue weighted by molar-refractivity contribution is 7.18. The van der Waals surface area contributed by atoms with Crippen molar-refractivity contribution in [1.82, 2.24) is 19.9 Å². The zero-order chi connectivity index (χ0) is 22.4. The second kappa shape index (κ2) is 7.95. The highest BCUT2D eigenvalue weighted by atomic mass is 32.1. The topological polar surface area (TPSA) is 108 Å². The minimum Gasteiger partial charge on any atom is -0.367 e. The van der Waals surface area contributed by atoms with Crippen LogP contribution in [0.25, 0.3) is 21.1 Å². The van der Waals surface area contributed by atoms with Crippen molar-refractivity contribution >= 4 is 43.8 Å². The molecule has 0 saturated carbocycles. The number of nitro benzene ring substituents is 1. The lowest BCUT2D eigenvalue weighted by Gasteiger charge is -2.36. The Bertz CT molecular complexity index is 1400. The van der Waals surface area contributed by atoms with Gasteiger partial charge in [0.25, 0.3) is 11.2 Å². The van der Waals surface area contributed by atoms with Gasteiger partial charge in [0, 0.05) is 43.3 Å². The smallest absolute Gasteiger partial charge is 0.278 e. The molecule has 0 bridgehead atoms. The SMILES string of the molecule is Cc1sc2nc(CN3CCN(c4ccc([N+](=O)[O-])c5cccnc45)CC3)[nH]c(=O)c2c1C. The molecular weight excluding hydrogens is 428 g/mol. The van der Waals surface area contributed by atoms with Crippen LogP contribution in [0.4, 0.5) is 11.4 Å². The Morgan fingerprint density at radius 1 is 1.19 bits per heavy atom. The molecule has 1 saturated heterocycles. The first kappa shape index (κ1) is 20.5. The van der Waals surface area contributed by atoms with Gasteiger partial charge in [-0.3, -0.25) is 24.8 Å². The molecule has 0 radical (unpaired) electrons. The van der Waals surface area contributed by atoms with Crippen molar-refractivity contribution in [3.05, 3.63) is 67.2 Å². The largest absolute Gasteiger partial charge is 0.367 e. The molecule has 32 heavy (non-hydrogen) atoms. The molecule has 4 heterocycles. The van der Waals surface area contributed by atoms with E-state index in [0.29, 0.717) is 28.7 Å². The Labute approximate surface area is 187 Å². The number of thiophene rings is 1. The summed E-state index contributed by atoms with van der Waals surface area (Å²) < 4.78 is 0. The summed E-state index contributed by atoms with van der Waals surface area (Å²) in [6, 6.07) is 6.81. The van der Waals surface area contributed by atoms with E-state index in [4.69, 9.17) is 0 Å². The van der Waals surface area contributed by atoms with Crippen LogP contribution < -0.4 is 10.5 Å². The lowest BCUT2D eigenvalue weighted by atomic mass is 10.1. The van der Waals surface area contributed by atoms with Gasteiger partial charge in [-0.1, -0.05) is 0 Å². The number of aromatic amines is 1. The van der Waals surface area contributed by atoms with Crippen LogP contribution in [0.2, 0.25) is 0 Å². The van der Waals surface area contributed by atoms with Gasteiger partial charge in [0.1, 0.15) is 16.2 Å². The molecule has 0 amide bonds. The molecule has 5 rings (SSSR count). The Balaban J connectivity index is 1.34. The monoisotopic (exact) mass is 450 g/mol. The van der Waals surface area contributed by atoms with Crippen molar-refractivity contribution in [3.8, 4) is 0 Å². The third-order valence-electron chi connectivity index (χ3n) is 6.10. The minimum absolute atomic E-state index is 0.0694. The van der Waals surface area contributed by atoms with Crippen molar-refractivity contribution in [2.24, 2.45) is 0 Å². The van der Waals surface area contributed by atoms with Gasteiger partial charge >= 0.3 is 0 Å². The van der Waals surface area contributed by atoms with Crippen LogP contribution in [0.1, 0.15) is 16.3 Å². The third-order valence-corrected chi connectivity index (χ3v) is 7.20. The number of fused-ring (bicyclic) bond motifs is 2. The number of piperazine rings is 1. The number of pyridine rings is 1. The predicted octanol–water partition coefficient (Wildman–Crippen LogP) is 3.38. The summed E-state index contributed by atoms with van der Waals surface area (Å²) in [5.41, 5.74) is 2.55. The van der Waals surface area contributed by atoms with Crippen molar-refractivity contribution in [2.75, 3.05) is 31.1 Å². The highest BCUT2D eigenvalue weighted by Gasteiger charge is 2.23. The molecule has 0 unspecified atom stereocenters. The molecule has 0 aliphatic carbocycles. The van der Waals surface area contributed by atoms with E-state index >= 15 is 0 Å². The average molecular weight is 451 g/mol. The molecule has 1 fully saturated rings. The summed E-state index contributed by atoms with van der Waals surface area (Å²) in [5.74, 6) is 0.680. The Hall–Kier alpha value is -3.37. The maximum atomic E-state index is 12.5. The molecule has 1 N–H and O–H groups in total. The Morgan fingerprint density at radius 3 is 2.72 bits per heavy atom. The number of nitro groups is 1. The minimum atomic E-state index is -0.368. The number of aryl methyl sites for hydroxylation is 2. The number of nitrogens with one attached hydrogen (secondary N) is 1. The van der Waals surface area contributed by atoms with Crippen molar-refractivity contribution in [2.45, 2.75) is 20.4 Å². The normalized spacial score (nSPS) is 15.0. The van der Waals surface area contributed by atoms with Gasteiger partial charge < -0.3 is 9.88 Å². The van der Waals surface area contributed by atoms with Gasteiger partial charge in [-0.15, -0.1) is 11.3 Å². The quantitative estimate of drug-likeness (QED) is 0.375. The van der Waals surface area contributed by atoms with Crippen molar-refractivity contribution < 1.29 is 4.92 Å². The Kier molecular flexibility index (Phi) is 5.10. The van der Waals surface area contributed by atoms with Crippen LogP contribution in [0.3, 0.4) is 0 Å². The standard InChI is InChI=1S/C22H22N6O3S/c1-13-14(2)32-22-19(13)21(29)24-18(25-22)12-26-8-10-27(11-9-26)17-6-5-16(28(30)31)15-4-3-7-23-20(15)17/h3-7H,8-12H2,1-2H3,(H,24,25,29). The number of hydrogen-bond donors (Lipinski definition) is 1. The third kappa shape index (κ3) is 3.51. The van der Waals surface area contributed by atoms with Crippen molar-refractivity contribution in [3.63, 3.8) is 0 Å². The molecule has 1 aliphatic rings. The first-order valence-corrected chi connectivity index (χ1v) is 11.2. The van der Waals surface area contributed by atoms with Gasteiger partial charge in [-0.25, -0.2) is 4.98 Å². The van der Waals surface area contributed by atoms with Gasteiger partial charge in [0.2, 0.25) is 0 Å². The van der Waals surface area contributed by atoms with E-state index in [-0.39, 0.29) is 16.2 Å². The van der Waals surface area contributed by atoms with Crippen LogP contribution in [-0.4, -0.2) is 51.0 Å². The van der Waals surface area contributed by atoms with E-state index in [9.17, 15) is 14.9 Å². The van der Waals surface area contributed by atoms with E-state index in [1.54, 1.807) is 41.8 Å². The number of H-pyrrole nitrogens is 1. The number of benzene rings is 1. The molecule has 10 heteroatoms. The fraction of sp³-hybridized carbons (Fsp3) is 0.318. The van der Waals surface area contributed by atoms with E-state index in [1.807, 2.05) is 13.8 Å². The molecule has 9 nitrogen and oxygen atoms in total. The van der Waals surface area contributed by atoms with E-state index in [0.717, 1.165) is 47.1 Å². The molecule has 3 aromatic heterocycles. The van der Waals surface area contributed by atoms with Crippen LogP contribution in [0.5, 0.6) is 0 Å². The average Bonchev–Trinajstić information content (AvgIpc) is 3.07. The molecule has 0 spiro atoms. The first-order chi connectivity index (χ1) is 15.4. The summed E-state index contributed by atoms with van der Waals surface area (Å²) in [5, 5.41) is 12.6. The van der Waals surface area contributed by atoms with E-state index in [1.165, 1.54) is 0 Å². The van der Waals surface area contributed by atoms with Gasteiger partial charge in [0.05, 0.1) is 27.9 Å². The van der Waals surface area contributed by atoms with Crippen LogP contribution in [0, 0.1) is 24.0 Å². The lowest BCUT2D eigenvalue weighted by molar-refractivity contribution is -0.383. The number of nitrogens with zero attached hydrogens (tertiary/aromatic N) is 5. The highest BCUT2D eigenvalue weighted by Crippen LogP contribution is 2.32. The maximum Gasteiger partial charge on any atom is 0.278 e. The van der Waals surface area contributed by atoms with Gasteiger partial charge in [-0.2, -0.15) is 0 Å². The summed E-state index contributed by atoms with van der Waals surface area (Å²) in [6.07, 6.45) is 1.66. The van der Waals surface area contributed by atoms with E-state index < -0.39 is 0 Å². The maximum absolute atomic E-state index is 12.5. The number of hydrogen-bond acceptors (Lipinski definition) is 8. The van der Waals surface area contributed by atoms with Crippen LogP contribution >= 0.6 is 11.3 Å². The summed E-state index contributed by atoms with van der Waals surface area (Å²) in [6.45, 7) is 7.64. The van der Waals surface area contributed by atoms with Gasteiger partial charge in [-0.05, 0) is 37.6 Å². The summed E-state index contributed by atoms with van der Waals surface area (Å²) in [4.78, 5) is 42.0. The molecular formula is C22H22N6O3S. The summed E-state index contributed by atoms with van der Waals surface area (Å²) >= 11 is 1.56. The molecule has 1 aliphatic heterocycles. The second-order valence-corrected chi connectivity index (χ2v) is 9.20. The predicted molar refractivity (Wildman–Crippen MR) is 126 cm³/mol. The number of non-ortho nitro benzene ring substituents is 1. The molecule has 0 atom stereocenters. The Morgan fingerprint density at radius 2 is 1.97 bits per heavy atom. The number of aromatic nitrogens is 3. The number of rotatable bonds is 4. The van der Waals surface area contributed by atoms with Crippen LogP contribution in [-0.2, 0) is 6.54 Å². The zero-order valence-electron chi connectivity index (χ0n) is 17.8. The summed E-state index contributed by atoms with van der Waals surface area (Å²) in [7, 11) is 0. The van der Waals surface area contributed by atoms with E-state index in [2.05, 4.69) is 24.8 Å².